The van der Waals surface area contributed by atoms with E-state index in [1.807, 2.05) is 28.9 Å². The SMILES string of the molecule is CC(C)(C)c1nn(-c2nc3ccccc3[nH]2)c2c1C(=O)CCC2. The van der Waals surface area contributed by atoms with E-state index in [9.17, 15) is 4.79 Å². The first-order valence-electron chi connectivity index (χ1n) is 8.06. The average Bonchev–Trinajstić information content (AvgIpc) is 3.08. The van der Waals surface area contributed by atoms with Crippen LogP contribution in [-0.2, 0) is 11.8 Å². The van der Waals surface area contributed by atoms with E-state index in [1.54, 1.807) is 0 Å². The summed E-state index contributed by atoms with van der Waals surface area (Å²) in [4.78, 5) is 20.5. The number of aromatic nitrogens is 4. The van der Waals surface area contributed by atoms with Crippen LogP contribution in [0.25, 0.3) is 17.0 Å². The Hall–Kier alpha value is -2.43. The van der Waals surface area contributed by atoms with Crippen molar-refractivity contribution in [1.29, 1.82) is 0 Å². The Morgan fingerprint density at radius 2 is 1.96 bits per heavy atom. The summed E-state index contributed by atoms with van der Waals surface area (Å²) in [6.45, 7) is 6.29. The van der Waals surface area contributed by atoms with Gasteiger partial charge >= 0.3 is 0 Å². The first-order chi connectivity index (χ1) is 10.9. The topological polar surface area (TPSA) is 63.6 Å². The van der Waals surface area contributed by atoms with Crippen molar-refractivity contribution < 1.29 is 4.79 Å². The first-order valence-corrected chi connectivity index (χ1v) is 8.06. The fourth-order valence-corrected chi connectivity index (χ4v) is 3.26. The molecule has 0 spiro atoms. The number of nitrogens with zero attached hydrogens (tertiary/aromatic N) is 3. The van der Waals surface area contributed by atoms with E-state index in [-0.39, 0.29) is 11.2 Å². The van der Waals surface area contributed by atoms with Crippen LogP contribution in [-0.4, -0.2) is 25.5 Å². The summed E-state index contributed by atoms with van der Waals surface area (Å²) >= 11 is 0. The van der Waals surface area contributed by atoms with Gasteiger partial charge in [0.2, 0.25) is 5.95 Å². The zero-order valence-electron chi connectivity index (χ0n) is 13.7. The molecule has 0 aliphatic heterocycles. The number of aromatic amines is 1. The third kappa shape index (κ3) is 2.19. The van der Waals surface area contributed by atoms with E-state index < -0.39 is 0 Å². The summed E-state index contributed by atoms with van der Waals surface area (Å²) < 4.78 is 1.84. The van der Waals surface area contributed by atoms with Gasteiger partial charge in [-0.3, -0.25) is 4.79 Å². The van der Waals surface area contributed by atoms with Gasteiger partial charge in [0.1, 0.15) is 0 Å². The minimum atomic E-state index is -0.172. The Kier molecular flexibility index (Phi) is 2.95. The molecular formula is C18H20N4O. The van der Waals surface area contributed by atoms with Gasteiger partial charge in [0, 0.05) is 11.8 Å². The standard InChI is InChI=1S/C18H20N4O/c1-18(2,3)16-15-13(9-6-10-14(15)23)22(21-16)17-19-11-7-4-5-8-12(11)20-17/h4-5,7-8H,6,9-10H2,1-3H3,(H,19,20). The number of ketones is 1. The molecule has 0 unspecified atom stereocenters. The van der Waals surface area contributed by atoms with Crippen molar-refractivity contribution in [2.24, 2.45) is 0 Å². The van der Waals surface area contributed by atoms with E-state index in [0.717, 1.165) is 40.8 Å². The molecule has 23 heavy (non-hydrogen) atoms. The number of H-pyrrole nitrogens is 1. The molecular weight excluding hydrogens is 288 g/mol. The smallest absolute Gasteiger partial charge is 0.229 e. The molecule has 0 radical (unpaired) electrons. The third-order valence-electron chi connectivity index (χ3n) is 4.37. The molecule has 118 valence electrons. The molecule has 4 rings (SSSR count). The number of carbonyl (C=O) groups is 1. The lowest BCUT2D eigenvalue weighted by atomic mass is 9.84. The number of hydrogen-bond donors (Lipinski definition) is 1. The Bertz CT molecular complexity index is 878. The summed E-state index contributed by atoms with van der Waals surface area (Å²) in [5.41, 5.74) is 4.39. The Balaban J connectivity index is 1.97. The maximum atomic E-state index is 12.5. The lowest BCUT2D eigenvalue weighted by Gasteiger charge is -2.18. The molecule has 2 heterocycles. The van der Waals surface area contributed by atoms with Gasteiger partial charge in [-0.25, -0.2) is 9.67 Å². The zero-order chi connectivity index (χ0) is 16.2. The van der Waals surface area contributed by atoms with Gasteiger partial charge < -0.3 is 4.98 Å². The number of Topliss-reactive ketones (excluding diaryl/α,β-unsaturated/α-hetero) is 1. The van der Waals surface area contributed by atoms with Crippen molar-refractivity contribution >= 4 is 16.8 Å². The fourth-order valence-electron chi connectivity index (χ4n) is 3.26. The molecule has 1 N–H and O–H groups in total. The monoisotopic (exact) mass is 308 g/mol. The summed E-state index contributed by atoms with van der Waals surface area (Å²) in [5.74, 6) is 0.895. The van der Waals surface area contributed by atoms with Gasteiger partial charge in [-0.15, -0.1) is 0 Å². The van der Waals surface area contributed by atoms with Gasteiger partial charge in [0.25, 0.3) is 0 Å². The molecule has 0 bridgehead atoms. The summed E-state index contributed by atoms with van der Waals surface area (Å²) in [6.07, 6.45) is 2.35. The molecule has 1 aliphatic carbocycles. The Labute approximate surface area is 134 Å². The van der Waals surface area contributed by atoms with Gasteiger partial charge in [-0.1, -0.05) is 32.9 Å². The van der Waals surface area contributed by atoms with Crippen LogP contribution in [0.15, 0.2) is 24.3 Å². The van der Waals surface area contributed by atoms with Crippen molar-refractivity contribution in [2.45, 2.75) is 45.4 Å². The Morgan fingerprint density at radius 3 is 2.70 bits per heavy atom. The highest BCUT2D eigenvalue weighted by Gasteiger charge is 2.33. The third-order valence-corrected chi connectivity index (χ3v) is 4.37. The quantitative estimate of drug-likeness (QED) is 0.747. The summed E-state index contributed by atoms with van der Waals surface area (Å²) in [6, 6.07) is 7.92. The predicted molar refractivity (Wildman–Crippen MR) is 89.2 cm³/mol. The van der Waals surface area contributed by atoms with E-state index in [2.05, 4.69) is 30.7 Å². The number of para-hydroxylation sites is 2. The van der Waals surface area contributed by atoms with E-state index in [4.69, 9.17) is 5.10 Å². The summed E-state index contributed by atoms with van der Waals surface area (Å²) in [5, 5.41) is 4.78. The largest absolute Gasteiger partial charge is 0.322 e. The highest BCUT2D eigenvalue weighted by molar-refractivity contribution is 5.99. The number of benzene rings is 1. The van der Waals surface area contributed by atoms with Gasteiger partial charge in [-0.05, 0) is 25.0 Å². The van der Waals surface area contributed by atoms with Crippen LogP contribution < -0.4 is 0 Å². The number of nitrogens with one attached hydrogen (secondary N) is 1. The minimum Gasteiger partial charge on any atom is -0.322 e. The molecule has 0 amide bonds. The second-order valence-electron chi connectivity index (χ2n) is 7.19. The van der Waals surface area contributed by atoms with E-state index >= 15 is 0 Å². The number of carbonyl (C=O) groups excluding carboxylic acids is 1. The normalized spacial score (nSPS) is 15.2. The van der Waals surface area contributed by atoms with Gasteiger partial charge in [-0.2, -0.15) is 5.10 Å². The van der Waals surface area contributed by atoms with Crippen molar-refractivity contribution in [2.75, 3.05) is 0 Å². The number of fused-ring (bicyclic) bond motifs is 2. The average molecular weight is 308 g/mol. The van der Waals surface area contributed by atoms with Crippen LogP contribution in [0.2, 0.25) is 0 Å². The van der Waals surface area contributed by atoms with E-state index in [0.29, 0.717) is 12.4 Å². The second kappa shape index (κ2) is 4.78. The van der Waals surface area contributed by atoms with Crippen LogP contribution in [0.5, 0.6) is 0 Å². The van der Waals surface area contributed by atoms with E-state index in [1.165, 1.54) is 0 Å². The molecule has 0 saturated heterocycles. The van der Waals surface area contributed by atoms with Crippen LogP contribution >= 0.6 is 0 Å². The lowest BCUT2D eigenvalue weighted by molar-refractivity contribution is 0.0970. The number of hydrogen-bond acceptors (Lipinski definition) is 3. The highest BCUT2D eigenvalue weighted by atomic mass is 16.1. The molecule has 1 aliphatic rings. The molecule has 2 aromatic heterocycles. The lowest BCUT2D eigenvalue weighted by Crippen LogP contribution is -2.19. The van der Waals surface area contributed by atoms with Gasteiger partial charge in [0.15, 0.2) is 5.78 Å². The first kappa shape index (κ1) is 14.2. The highest BCUT2D eigenvalue weighted by Crippen LogP contribution is 2.33. The molecule has 0 saturated carbocycles. The minimum absolute atomic E-state index is 0.172. The van der Waals surface area contributed by atoms with Crippen LogP contribution in [0.1, 0.15) is 55.4 Å². The van der Waals surface area contributed by atoms with Crippen molar-refractivity contribution in [3.05, 3.63) is 41.2 Å². The van der Waals surface area contributed by atoms with Crippen LogP contribution in [0, 0.1) is 0 Å². The molecule has 0 fully saturated rings. The maximum absolute atomic E-state index is 12.5. The van der Waals surface area contributed by atoms with Crippen molar-refractivity contribution in [3.63, 3.8) is 0 Å². The molecule has 3 aromatic rings. The fraction of sp³-hybridized carbons (Fsp3) is 0.389. The number of imidazole rings is 1. The van der Waals surface area contributed by atoms with Crippen molar-refractivity contribution in [3.8, 4) is 5.95 Å². The molecule has 5 nitrogen and oxygen atoms in total. The second-order valence-corrected chi connectivity index (χ2v) is 7.19. The zero-order valence-corrected chi connectivity index (χ0v) is 13.7. The van der Waals surface area contributed by atoms with Crippen LogP contribution in [0.3, 0.4) is 0 Å². The van der Waals surface area contributed by atoms with Gasteiger partial charge in [0.05, 0.1) is 28.0 Å². The predicted octanol–water partition coefficient (Wildman–Crippen LogP) is 3.57. The number of rotatable bonds is 1. The summed E-state index contributed by atoms with van der Waals surface area (Å²) in [7, 11) is 0. The maximum Gasteiger partial charge on any atom is 0.229 e. The van der Waals surface area contributed by atoms with Crippen LogP contribution in [0.4, 0.5) is 0 Å². The van der Waals surface area contributed by atoms with Crippen molar-refractivity contribution in [1.82, 2.24) is 19.7 Å². The molecule has 1 aromatic carbocycles. The Morgan fingerprint density at radius 1 is 1.17 bits per heavy atom. The molecule has 5 heteroatoms. The molecule has 0 atom stereocenters.